The minimum Gasteiger partial charge on any atom is -0.354 e. The van der Waals surface area contributed by atoms with Crippen LogP contribution >= 0.6 is 0 Å². The fourth-order valence-electron chi connectivity index (χ4n) is 2.74. The van der Waals surface area contributed by atoms with Crippen molar-refractivity contribution >= 4 is 5.82 Å². The number of nitrogens with zero attached hydrogens (tertiary/aromatic N) is 3. The topological polar surface area (TPSA) is 39.9 Å². The summed E-state index contributed by atoms with van der Waals surface area (Å²) in [7, 11) is 0. The number of rotatable bonds is 5. The lowest BCUT2D eigenvalue weighted by molar-refractivity contribution is 0.525. The third-order valence-electron chi connectivity index (χ3n) is 3.86. The molecule has 19 heavy (non-hydrogen) atoms. The second-order valence-electron chi connectivity index (χ2n) is 5.81. The molecule has 1 aromatic rings. The van der Waals surface area contributed by atoms with E-state index in [4.69, 9.17) is 5.26 Å². The largest absolute Gasteiger partial charge is 0.354 e. The van der Waals surface area contributed by atoms with Gasteiger partial charge in [0, 0.05) is 12.6 Å². The lowest BCUT2D eigenvalue weighted by Crippen LogP contribution is -2.35. The van der Waals surface area contributed by atoms with Gasteiger partial charge in [0.05, 0.1) is 0 Å². The van der Waals surface area contributed by atoms with Gasteiger partial charge in [-0.05, 0) is 37.3 Å². The Bertz CT molecular complexity index is 442. The molecule has 0 radical (unpaired) electrons. The van der Waals surface area contributed by atoms with Crippen molar-refractivity contribution < 1.29 is 0 Å². The summed E-state index contributed by atoms with van der Waals surface area (Å²) in [6, 6.07) is 8.51. The average Bonchev–Trinajstić information content (AvgIpc) is 2.93. The molecule has 102 valence electrons. The van der Waals surface area contributed by atoms with Crippen molar-refractivity contribution in [2.24, 2.45) is 5.92 Å². The Labute approximate surface area is 116 Å². The number of hydrogen-bond donors (Lipinski definition) is 0. The van der Waals surface area contributed by atoms with Crippen LogP contribution in [0.4, 0.5) is 5.82 Å². The van der Waals surface area contributed by atoms with Gasteiger partial charge < -0.3 is 4.90 Å². The van der Waals surface area contributed by atoms with Gasteiger partial charge >= 0.3 is 0 Å². The van der Waals surface area contributed by atoms with Crippen molar-refractivity contribution in [3.05, 3.63) is 23.9 Å². The summed E-state index contributed by atoms with van der Waals surface area (Å²) >= 11 is 0. The standard InChI is InChI=1S/C16H23N3/c1-13(2)10-11-19(15-7-3-4-8-15)16-9-5-6-14(12-17)18-16/h5-6,9,13,15H,3-4,7-8,10-11H2,1-2H3. The third-order valence-corrected chi connectivity index (χ3v) is 3.86. The third kappa shape index (κ3) is 3.70. The number of aromatic nitrogens is 1. The molecule has 1 saturated carbocycles. The quantitative estimate of drug-likeness (QED) is 0.806. The predicted molar refractivity (Wildman–Crippen MR) is 78.0 cm³/mol. The Hall–Kier alpha value is -1.56. The zero-order valence-electron chi connectivity index (χ0n) is 12.0. The van der Waals surface area contributed by atoms with E-state index < -0.39 is 0 Å². The normalized spacial score (nSPS) is 15.7. The van der Waals surface area contributed by atoms with Crippen molar-refractivity contribution in [1.29, 1.82) is 5.26 Å². The first-order valence-corrected chi connectivity index (χ1v) is 7.34. The molecule has 0 bridgehead atoms. The van der Waals surface area contributed by atoms with Gasteiger partial charge in [-0.15, -0.1) is 0 Å². The second-order valence-corrected chi connectivity index (χ2v) is 5.81. The minimum atomic E-state index is 0.519. The van der Waals surface area contributed by atoms with E-state index in [1.807, 2.05) is 12.1 Å². The zero-order chi connectivity index (χ0) is 13.7. The summed E-state index contributed by atoms with van der Waals surface area (Å²) in [6.07, 6.45) is 6.34. The number of hydrogen-bond acceptors (Lipinski definition) is 3. The highest BCUT2D eigenvalue weighted by molar-refractivity contribution is 5.42. The molecule has 0 atom stereocenters. The first-order valence-electron chi connectivity index (χ1n) is 7.34. The van der Waals surface area contributed by atoms with Crippen LogP contribution in [0.1, 0.15) is 51.6 Å². The van der Waals surface area contributed by atoms with Crippen LogP contribution in [-0.4, -0.2) is 17.6 Å². The van der Waals surface area contributed by atoms with Gasteiger partial charge in [0.15, 0.2) is 0 Å². The van der Waals surface area contributed by atoms with Crippen LogP contribution in [0.25, 0.3) is 0 Å². The van der Waals surface area contributed by atoms with Crippen LogP contribution in [0.2, 0.25) is 0 Å². The maximum atomic E-state index is 9.00. The summed E-state index contributed by atoms with van der Waals surface area (Å²) < 4.78 is 0. The first-order chi connectivity index (χ1) is 9.20. The van der Waals surface area contributed by atoms with Crippen molar-refractivity contribution in [2.45, 2.75) is 52.0 Å². The average molecular weight is 257 g/mol. The summed E-state index contributed by atoms with van der Waals surface area (Å²) in [5.41, 5.74) is 0.519. The molecule has 2 rings (SSSR count). The fraction of sp³-hybridized carbons (Fsp3) is 0.625. The smallest absolute Gasteiger partial charge is 0.142 e. The Morgan fingerprint density at radius 2 is 2.11 bits per heavy atom. The molecule has 0 amide bonds. The summed E-state index contributed by atoms with van der Waals surface area (Å²) in [4.78, 5) is 6.90. The van der Waals surface area contributed by atoms with E-state index in [0.29, 0.717) is 17.7 Å². The van der Waals surface area contributed by atoms with Crippen molar-refractivity contribution in [3.8, 4) is 6.07 Å². The number of nitriles is 1. The van der Waals surface area contributed by atoms with Crippen molar-refractivity contribution in [2.75, 3.05) is 11.4 Å². The van der Waals surface area contributed by atoms with Crippen molar-refractivity contribution in [1.82, 2.24) is 4.98 Å². The van der Waals surface area contributed by atoms with E-state index in [-0.39, 0.29) is 0 Å². The Morgan fingerprint density at radius 1 is 1.37 bits per heavy atom. The molecule has 0 N–H and O–H groups in total. The van der Waals surface area contributed by atoms with E-state index >= 15 is 0 Å². The van der Waals surface area contributed by atoms with Crippen LogP contribution < -0.4 is 4.90 Å². The molecule has 0 saturated heterocycles. The van der Waals surface area contributed by atoms with Crippen LogP contribution in [0, 0.1) is 17.2 Å². The Balaban J connectivity index is 2.17. The van der Waals surface area contributed by atoms with Gasteiger partial charge in [-0.25, -0.2) is 4.98 Å². The Kier molecular flexibility index (Phi) is 4.79. The van der Waals surface area contributed by atoms with Gasteiger partial charge in [0.2, 0.25) is 0 Å². The molecule has 0 spiro atoms. The zero-order valence-corrected chi connectivity index (χ0v) is 12.0. The van der Waals surface area contributed by atoms with Gasteiger partial charge in [-0.1, -0.05) is 32.8 Å². The van der Waals surface area contributed by atoms with E-state index in [1.54, 1.807) is 6.07 Å². The molecule has 1 aromatic heterocycles. The van der Waals surface area contributed by atoms with E-state index in [0.717, 1.165) is 12.4 Å². The first kappa shape index (κ1) is 13.9. The van der Waals surface area contributed by atoms with Crippen LogP contribution in [0.5, 0.6) is 0 Å². The van der Waals surface area contributed by atoms with Crippen LogP contribution in [-0.2, 0) is 0 Å². The van der Waals surface area contributed by atoms with E-state index in [2.05, 4.69) is 29.8 Å². The predicted octanol–water partition coefficient (Wildman–Crippen LogP) is 3.75. The fourth-order valence-corrected chi connectivity index (χ4v) is 2.74. The number of pyridine rings is 1. The van der Waals surface area contributed by atoms with Crippen molar-refractivity contribution in [3.63, 3.8) is 0 Å². The van der Waals surface area contributed by atoms with Gasteiger partial charge in [-0.2, -0.15) is 5.26 Å². The Morgan fingerprint density at radius 3 is 2.74 bits per heavy atom. The molecule has 1 aliphatic rings. The lowest BCUT2D eigenvalue weighted by Gasteiger charge is -2.30. The lowest BCUT2D eigenvalue weighted by atomic mass is 10.1. The SMILES string of the molecule is CC(C)CCN(c1cccc(C#N)n1)C1CCCC1. The highest BCUT2D eigenvalue weighted by Crippen LogP contribution is 2.27. The molecule has 3 nitrogen and oxygen atoms in total. The molecule has 1 fully saturated rings. The van der Waals surface area contributed by atoms with E-state index in [1.165, 1.54) is 32.1 Å². The highest BCUT2D eigenvalue weighted by Gasteiger charge is 2.23. The molecule has 1 aliphatic carbocycles. The van der Waals surface area contributed by atoms with Gasteiger partial charge in [-0.3, -0.25) is 0 Å². The molecule has 1 heterocycles. The van der Waals surface area contributed by atoms with E-state index in [9.17, 15) is 0 Å². The summed E-state index contributed by atoms with van der Waals surface area (Å²) in [5, 5.41) is 9.00. The molecule has 0 unspecified atom stereocenters. The summed E-state index contributed by atoms with van der Waals surface area (Å²) in [5.74, 6) is 1.68. The van der Waals surface area contributed by atoms with Gasteiger partial charge in [0.1, 0.15) is 17.6 Å². The molecular weight excluding hydrogens is 234 g/mol. The molecule has 0 aromatic carbocycles. The van der Waals surface area contributed by atoms with Crippen LogP contribution in [0.15, 0.2) is 18.2 Å². The van der Waals surface area contributed by atoms with Gasteiger partial charge in [0.25, 0.3) is 0 Å². The maximum absolute atomic E-state index is 9.00. The second kappa shape index (κ2) is 6.56. The molecule has 3 heteroatoms. The minimum absolute atomic E-state index is 0.519. The maximum Gasteiger partial charge on any atom is 0.142 e. The number of anilines is 1. The van der Waals surface area contributed by atoms with Crippen LogP contribution in [0.3, 0.4) is 0 Å². The molecular formula is C16H23N3. The monoisotopic (exact) mass is 257 g/mol. The highest BCUT2D eigenvalue weighted by atomic mass is 15.2. The molecule has 0 aliphatic heterocycles. The summed E-state index contributed by atoms with van der Waals surface area (Å²) in [6.45, 7) is 5.56.